The lowest BCUT2D eigenvalue weighted by molar-refractivity contribution is 0.950. The lowest BCUT2D eigenvalue weighted by atomic mass is 10.0. The highest BCUT2D eigenvalue weighted by Gasteiger charge is 2.17. The van der Waals surface area contributed by atoms with Crippen LogP contribution in [0.2, 0.25) is 0 Å². The zero-order chi connectivity index (χ0) is 19.5. The average molecular weight is 368 g/mol. The predicted octanol–water partition coefficient (Wildman–Crippen LogP) is 5.23. The third kappa shape index (κ3) is 3.41. The molecule has 28 heavy (non-hydrogen) atoms. The standard InChI is InChI=1S/C24H24N4/c1-4-18-10-16-22(17-11-18)28-23(25-26-24(28)27(2)3)21-14-12-20(13-15-21)19-8-6-5-7-9-19/h5-17H,4H2,1-3H3. The molecule has 0 N–H and O–H groups in total. The number of hydrogen-bond acceptors (Lipinski definition) is 3. The van der Waals surface area contributed by atoms with Crippen LogP contribution in [0.3, 0.4) is 0 Å². The van der Waals surface area contributed by atoms with E-state index in [0.29, 0.717) is 0 Å². The Kier molecular flexibility index (Phi) is 4.94. The van der Waals surface area contributed by atoms with E-state index in [4.69, 9.17) is 0 Å². The monoisotopic (exact) mass is 368 g/mol. The van der Waals surface area contributed by atoms with Crippen LogP contribution in [0.4, 0.5) is 5.95 Å². The highest BCUT2D eigenvalue weighted by atomic mass is 15.4. The van der Waals surface area contributed by atoms with E-state index in [1.165, 1.54) is 16.7 Å². The molecule has 4 aromatic rings. The van der Waals surface area contributed by atoms with Crippen molar-refractivity contribution in [3.63, 3.8) is 0 Å². The molecule has 0 saturated heterocycles. The maximum absolute atomic E-state index is 4.50. The van der Waals surface area contributed by atoms with Gasteiger partial charge in [0.05, 0.1) is 5.69 Å². The summed E-state index contributed by atoms with van der Waals surface area (Å²) in [5, 5.41) is 8.93. The third-order valence-electron chi connectivity index (χ3n) is 4.90. The van der Waals surface area contributed by atoms with Crippen molar-refractivity contribution in [3.05, 3.63) is 84.4 Å². The first-order chi connectivity index (χ1) is 13.7. The fourth-order valence-corrected chi connectivity index (χ4v) is 3.31. The molecular formula is C24H24N4. The normalized spacial score (nSPS) is 10.8. The minimum atomic E-state index is 0.811. The summed E-state index contributed by atoms with van der Waals surface area (Å²) >= 11 is 0. The quantitative estimate of drug-likeness (QED) is 0.484. The highest BCUT2D eigenvalue weighted by Crippen LogP contribution is 2.28. The zero-order valence-corrected chi connectivity index (χ0v) is 16.5. The molecule has 0 saturated carbocycles. The molecule has 0 amide bonds. The number of aromatic nitrogens is 3. The number of aryl methyl sites for hydroxylation is 1. The first-order valence-corrected chi connectivity index (χ1v) is 9.55. The Hall–Kier alpha value is -3.40. The van der Waals surface area contributed by atoms with Gasteiger partial charge in [-0.15, -0.1) is 10.2 Å². The largest absolute Gasteiger partial charge is 0.347 e. The van der Waals surface area contributed by atoms with Crippen LogP contribution in [-0.4, -0.2) is 28.9 Å². The van der Waals surface area contributed by atoms with Crippen molar-refractivity contribution in [1.82, 2.24) is 14.8 Å². The van der Waals surface area contributed by atoms with Crippen molar-refractivity contribution in [2.24, 2.45) is 0 Å². The van der Waals surface area contributed by atoms with Crippen molar-refractivity contribution in [2.45, 2.75) is 13.3 Å². The van der Waals surface area contributed by atoms with Gasteiger partial charge in [-0.05, 0) is 35.2 Å². The van der Waals surface area contributed by atoms with Crippen LogP contribution in [0.25, 0.3) is 28.2 Å². The van der Waals surface area contributed by atoms with Gasteiger partial charge in [-0.25, -0.2) is 0 Å². The lowest BCUT2D eigenvalue weighted by Gasteiger charge is -2.16. The Labute approximate surface area is 166 Å². The summed E-state index contributed by atoms with van der Waals surface area (Å²) in [6.07, 6.45) is 1.02. The molecular weight excluding hydrogens is 344 g/mol. The maximum Gasteiger partial charge on any atom is 0.231 e. The predicted molar refractivity (Wildman–Crippen MR) is 116 cm³/mol. The van der Waals surface area contributed by atoms with Crippen molar-refractivity contribution in [2.75, 3.05) is 19.0 Å². The molecule has 0 atom stereocenters. The molecule has 140 valence electrons. The van der Waals surface area contributed by atoms with Crippen LogP contribution < -0.4 is 4.90 Å². The van der Waals surface area contributed by atoms with Gasteiger partial charge in [-0.1, -0.05) is 73.7 Å². The van der Waals surface area contributed by atoms with Crippen molar-refractivity contribution in [3.8, 4) is 28.2 Å². The molecule has 0 spiro atoms. The summed E-state index contributed by atoms with van der Waals surface area (Å²) < 4.78 is 2.11. The fraction of sp³-hybridized carbons (Fsp3) is 0.167. The van der Waals surface area contributed by atoms with E-state index in [9.17, 15) is 0 Å². The molecule has 0 aliphatic carbocycles. The van der Waals surface area contributed by atoms with Gasteiger partial charge < -0.3 is 4.90 Å². The van der Waals surface area contributed by atoms with Crippen LogP contribution in [0.1, 0.15) is 12.5 Å². The van der Waals surface area contributed by atoms with Crippen molar-refractivity contribution < 1.29 is 0 Å². The molecule has 1 aromatic heterocycles. The average Bonchev–Trinajstić information content (AvgIpc) is 3.20. The van der Waals surface area contributed by atoms with Gasteiger partial charge in [-0.2, -0.15) is 0 Å². The Morgan fingerprint density at radius 1 is 0.714 bits per heavy atom. The summed E-state index contributed by atoms with van der Waals surface area (Å²) in [6.45, 7) is 2.17. The van der Waals surface area contributed by atoms with Crippen LogP contribution >= 0.6 is 0 Å². The summed E-state index contributed by atoms with van der Waals surface area (Å²) in [5.41, 5.74) is 5.82. The summed E-state index contributed by atoms with van der Waals surface area (Å²) in [6, 6.07) is 27.5. The molecule has 0 aliphatic rings. The molecule has 4 nitrogen and oxygen atoms in total. The summed E-state index contributed by atoms with van der Waals surface area (Å²) in [5.74, 6) is 1.65. The molecule has 1 heterocycles. The molecule has 0 unspecified atom stereocenters. The van der Waals surface area contributed by atoms with Gasteiger partial charge in [-0.3, -0.25) is 4.57 Å². The van der Waals surface area contributed by atoms with E-state index in [0.717, 1.165) is 29.4 Å². The van der Waals surface area contributed by atoms with Gasteiger partial charge in [0.2, 0.25) is 5.95 Å². The maximum atomic E-state index is 4.50. The molecule has 0 radical (unpaired) electrons. The number of anilines is 1. The second-order valence-corrected chi connectivity index (χ2v) is 7.02. The number of hydrogen-bond donors (Lipinski definition) is 0. The molecule has 4 heteroatoms. The summed E-state index contributed by atoms with van der Waals surface area (Å²) in [7, 11) is 3.98. The summed E-state index contributed by atoms with van der Waals surface area (Å²) in [4.78, 5) is 1.99. The second kappa shape index (κ2) is 7.69. The smallest absolute Gasteiger partial charge is 0.231 e. The second-order valence-electron chi connectivity index (χ2n) is 7.02. The van der Waals surface area contributed by atoms with Crippen molar-refractivity contribution >= 4 is 5.95 Å². The Morgan fingerprint density at radius 3 is 1.93 bits per heavy atom. The van der Waals surface area contributed by atoms with Crippen LogP contribution in [0.15, 0.2) is 78.9 Å². The van der Waals surface area contributed by atoms with Gasteiger partial charge in [0.15, 0.2) is 5.82 Å². The first kappa shape index (κ1) is 18.0. The lowest BCUT2D eigenvalue weighted by Crippen LogP contribution is -2.15. The van der Waals surface area contributed by atoms with E-state index in [1.54, 1.807) is 0 Å². The molecule has 3 aromatic carbocycles. The van der Waals surface area contributed by atoms with Gasteiger partial charge in [0.25, 0.3) is 0 Å². The van der Waals surface area contributed by atoms with Crippen molar-refractivity contribution in [1.29, 1.82) is 0 Å². The van der Waals surface area contributed by atoms with Gasteiger partial charge >= 0.3 is 0 Å². The SMILES string of the molecule is CCc1ccc(-n2c(-c3ccc(-c4ccccc4)cc3)nnc2N(C)C)cc1. The van der Waals surface area contributed by atoms with E-state index >= 15 is 0 Å². The first-order valence-electron chi connectivity index (χ1n) is 9.55. The van der Waals surface area contributed by atoms with E-state index in [1.807, 2.05) is 25.1 Å². The Balaban J connectivity index is 1.77. The fourth-order valence-electron chi connectivity index (χ4n) is 3.31. The molecule has 0 fully saturated rings. The van der Waals surface area contributed by atoms with E-state index in [-0.39, 0.29) is 0 Å². The number of rotatable bonds is 5. The Morgan fingerprint density at radius 2 is 1.32 bits per heavy atom. The Bertz CT molecular complexity index is 1050. The van der Waals surface area contributed by atoms with Crippen LogP contribution in [0, 0.1) is 0 Å². The molecule has 4 rings (SSSR count). The molecule has 0 aliphatic heterocycles. The minimum Gasteiger partial charge on any atom is -0.347 e. The van der Waals surface area contributed by atoms with Gasteiger partial charge in [0.1, 0.15) is 0 Å². The number of benzene rings is 3. The minimum absolute atomic E-state index is 0.811. The van der Waals surface area contributed by atoms with Crippen LogP contribution in [-0.2, 0) is 6.42 Å². The van der Waals surface area contributed by atoms with Gasteiger partial charge in [0, 0.05) is 19.7 Å². The van der Waals surface area contributed by atoms with Crippen LogP contribution in [0.5, 0.6) is 0 Å². The number of nitrogens with zero attached hydrogens (tertiary/aromatic N) is 4. The topological polar surface area (TPSA) is 34.0 Å². The van der Waals surface area contributed by atoms with E-state index < -0.39 is 0 Å². The highest BCUT2D eigenvalue weighted by molar-refractivity contribution is 5.69. The third-order valence-corrected chi connectivity index (χ3v) is 4.90. The molecule has 0 bridgehead atoms. The zero-order valence-electron chi connectivity index (χ0n) is 16.5. The van der Waals surface area contributed by atoms with E-state index in [2.05, 4.69) is 94.5 Å².